The average Bonchev–Trinajstić information content (AvgIpc) is 3.46. The van der Waals surface area contributed by atoms with Crippen molar-refractivity contribution in [2.75, 3.05) is 16.8 Å². The predicted octanol–water partition coefficient (Wildman–Crippen LogP) is 3.77. The van der Waals surface area contributed by atoms with Crippen molar-refractivity contribution in [2.24, 2.45) is 5.92 Å². The number of anilines is 2. The molecule has 0 radical (unpaired) electrons. The van der Waals surface area contributed by atoms with Crippen LogP contribution in [-0.2, 0) is 11.2 Å². The zero-order chi connectivity index (χ0) is 17.4. The van der Waals surface area contributed by atoms with Gasteiger partial charge in [0.1, 0.15) is 5.82 Å². The number of hydrogen-bond acceptors (Lipinski definition) is 2. The summed E-state index contributed by atoms with van der Waals surface area (Å²) in [6.07, 6.45) is 3.76. The van der Waals surface area contributed by atoms with Crippen LogP contribution < -0.4 is 10.2 Å². The minimum atomic E-state index is -0.542. The standard InChI is InChI=1S/C20H19FN2O2/c21-17-6-2-1-5-16(17)19(24)22-15-9-10-18-14(12-15)4-3-11-23(18)20(25)13-7-8-13/h1-2,5-6,9-10,12-13H,3-4,7-8,11H2,(H,22,24). The van der Waals surface area contributed by atoms with Gasteiger partial charge in [0.25, 0.3) is 5.91 Å². The van der Waals surface area contributed by atoms with E-state index in [0.29, 0.717) is 5.69 Å². The summed E-state index contributed by atoms with van der Waals surface area (Å²) >= 11 is 0. The van der Waals surface area contributed by atoms with Gasteiger partial charge in [-0.2, -0.15) is 0 Å². The first-order valence-corrected chi connectivity index (χ1v) is 8.63. The van der Waals surface area contributed by atoms with E-state index in [4.69, 9.17) is 0 Å². The van der Waals surface area contributed by atoms with Crippen molar-refractivity contribution in [3.05, 3.63) is 59.4 Å². The Morgan fingerprint density at radius 3 is 2.68 bits per heavy atom. The van der Waals surface area contributed by atoms with Crippen LogP contribution in [0.4, 0.5) is 15.8 Å². The molecule has 0 spiro atoms. The van der Waals surface area contributed by atoms with E-state index in [9.17, 15) is 14.0 Å². The summed E-state index contributed by atoms with van der Waals surface area (Å²) in [6, 6.07) is 11.5. The van der Waals surface area contributed by atoms with Crippen molar-refractivity contribution in [3.8, 4) is 0 Å². The zero-order valence-corrected chi connectivity index (χ0v) is 13.8. The first-order valence-electron chi connectivity index (χ1n) is 8.63. The van der Waals surface area contributed by atoms with Crippen molar-refractivity contribution < 1.29 is 14.0 Å². The molecule has 1 saturated carbocycles. The minimum absolute atomic E-state index is 0.0192. The number of carbonyl (C=O) groups excluding carboxylic acids is 2. The molecule has 1 aliphatic carbocycles. The van der Waals surface area contributed by atoms with Gasteiger partial charge >= 0.3 is 0 Å². The van der Waals surface area contributed by atoms with E-state index in [-0.39, 0.29) is 17.4 Å². The Balaban J connectivity index is 1.56. The predicted molar refractivity (Wildman–Crippen MR) is 94.2 cm³/mol. The fourth-order valence-corrected chi connectivity index (χ4v) is 3.30. The van der Waals surface area contributed by atoms with Gasteiger partial charge in [-0.15, -0.1) is 0 Å². The topological polar surface area (TPSA) is 49.4 Å². The lowest BCUT2D eigenvalue weighted by Gasteiger charge is -2.30. The van der Waals surface area contributed by atoms with Gasteiger partial charge < -0.3 is 10.2 Å². The molecule has 4 nitrogen and oxygen atoms in total. The lowest BCUT2D eigenvalue weighted by molar-refractivity contribution is -0.119. The quantitative estimate of drug-likeness (QED) is 0.926. The maximum absolute atomic E-state index is 13.7. The fourth-order valence-electron chi connectivity index (χ4n) is 3.30. The van der Waals surface area contributed by atoms with Crippen LogP contribution in [0.3, 0.4) is 0 Å². The van der Waals surface area contributed by atoms with Crippen molar-refractivity contribution >= 4 is 23.2 Å². The van der Waals surface area contributed by atoms with Gasteiger partial charge in [-0.1, -0.05) is 12.1 Å². The highest BCUT2D eigenvalue weighted by Gasteiger charge is 2.35. The molecule has 1 N–H and O–H groups in total. The number of benzene rings is 2. The van der Waals surface area contributed by atoms with Crippen LogP contribution in [0.5, 0.6) is 0 Å². The van der Waals surface area contributed by atoms with Crippen molar-refractivity contribution in [1.29, 1.82) is 0 Å². The number of nitrogens with zero attached hydrogens (tertiary/aromatic N) is 1. The Bertz CT molecular complexity index is 845. The number of halogens is 1. The molecule has 4 rings (SSSR count). The van der Waals surface area contributed by atoms with E-state index in [1.807, 2.05) is 17.0 Å². The summed E-state index contributed by atoms with van der Waals surface area (Å²) < 4.78 is 13.7. The van der Waals surface area contributed by atoms with Crippen LogP contribution >= 0.6 is 0 Å². The van der Waals surface area contributed by atoms with Crippen LogP contribution in [0.1, 0.15) is 35.2 Å². The van der Waals surface area contributed by atoms with Crippen LogP contribution in [0.15, 0.2) is 42.5 Å². The molecule has 2 aromatic carbocycles. The summed E-state index contributed by atoms with van der Waals surface area (Å²) in [6.45, 7) is 0.753. The first-order chi connectivity index (χ1) is 12.1. The highest BCUT2D eigenvalue weighted by atomic mass is 19.1. The normalized spacial score (nSPS) is 16.3. The van der Waals surface area contributed by atoms with Gasteiger partial charge in [0.2, 0.25) is 5.91 Å². The third-order valence-electron chi connectivity index (χ3n) is 4.77. The Hall–Kier alpha value is -2.69. The van der Waals surface area contributed by atoms with E-state index in [1.54, 1.807) is 18.2 Å². The van der Waals surface area contributed by atoms with E-state index < -0.39 is 11.7 Å². The number of rotatable bonds is 3. The number of aryl methyl sites for hydroxylation is 1. The number of hydrogen-bond donors (Lipinski definition) is 1. The molecule has 0 aromatic heterocycles. The van der Waals surface area contributed by atoms with Gasteiger partial charge in [-0.05, 0) is 61.6 Å². The van der Waals surface area contributed by atoms with Crippen LogP contribution in [0.2, 0.25) is 0 Å². The Morgan fingerprint density at radius 2 is 1.92 bits per heavy atom. The Kier molecular flexibility index (Phi) is 3.99. The average molecular weight is 338 g/mol. The molecule has 5 heteroatoms. The van der Waals surface area contributed by atoms with Crippen LogP contribution in [0, 0.1) is 11.7 Å². The minimum Gasteiger partial charge on any atom is -0.322 e. The molecule has 1 aliphatic heterocycles. The lowest BCUT2D eigenvalue weighted by atomic mass is 10.00. The van der Waals surface area contributed by atoms with E-state index in [1.165, 1.54) is 12.1 Å². The third kappa shape index (κ3) is 3.14. The molecule has 2 aliphatic rings. The Labute approximate surface area is 145 Å². The number of amides is 2. The monoisotopic (exact) mass is 338 g/mol. The number of carbonyl (C=O) groups is 2. The fraction of sp³-hybridized carbons (Fsp3) is 0.300. The summed E-state index contributed by atoms with van der Waals surface area (Å²) in [5, 5.41) is 2.75. The molecule has 0 bridgehead atoms. The molecule has 2 amide bonds. The molecular formula is C20H19FN2O2. The molecule has 1 fully saturated rings. The van der Waals surface area contributed by atoms with Crippen molar-refractivity contribution in [1.82, 2.24) is 0 Å². The molecule has 25 heavy (non-hydrogen) atoms. The summed E-state index contributed by atoms with van der Waals surface area (Å²) in [7, 11) is 0. The van der Waals surface area contributed by atoms with Crippen LogP contribution in [0.25, 0.3) is 0 Å². The molecule has 1 heterocycles. The van der Waals surface area contributed by atoms with E-state index >= 15 is 0 Å². The largest absolute Gasteiger partial charge is 0.322 e. The van der Waals surface area contributed by atoms with Crippen LogP contribution in [-0.4, -0.2) is 18.4 Å². The second kappa shape index (κ2) is 6.31. The highest BCUT2D eigenvalue weighted by Crippen LogP contribution is 2.36. The van der Waals surface area contributed by atoms with Gasteiger partial charge in [-0.25, -0.2) is 4.39 Å². The summed E-state index contributed by atoms with van der Waals surface area (Å²) in [5.74, 6) is -0.616. The number of nitrogens with one attached hydrogen (secondary N) is 1. The second-order valence-corrected chi connectivity index (χ2v) is 6.65. The second-order valence-electron chi connectivity index (χ2n) is 6.65. The third-order valence-corrected chi connectivity index (χ3v) is 4.77. The zero-order valence-electron chi connectivity index (χ0n) is 13.8. The SMILES string of the molecule is O=C(Nc1ccc2c(c1)CCCN2C(=O)C1CC1)c1ccccc1F. The van der Waals surface area contributed by atoms with Crippen molar-refractivity contribution in [3.63, 3.8) is 0 Å². The maximum atomic E-state index is 13.7. The maximum Gasteiger partial charge on any atom is 0.258 e. The smallest absolute Gasteiger partial charge is 0.258 e. The summed E-state index contributed by atoms with van der Waals surface area (Å²) in [4.78, 5) is 26.6. The van der Waals surface area contributed by atoms with Gasteiger partial charge in [0, 0.05) is 23.8 Å². The molecule has 128 valence electrons. The summed E-state index contributed by atoms with van der Waals surface area (Å²) in [5.41, 5.74) is 2.62. The molecular weight excluding hydrogens is 319 g/mol. The van der Waals surface area contributed by atoms with E-state index in [2.05, 4.69) is 5.32 Å². The Morgan fingerprint density at radius 1 is 1.12 bits per heavy atom. The lowest BCUT2D eigenvalue weighted by Crippen LogP contribution is -2.36. The van der Waals surface area contributed by atoms with Gasteiger partial charge in [0.05, 0.1) is 5.56 Å². The van der Waals surface area contributed by atoms with Gasteiger partial charge in [-0.3, -0.25) is 9.59 Å². The number of fused-ring (bicyclic) bond motifs is 1. The molecule has 0 unspecified atom stereocenters. The highest BCUT2D eigenvalue weighted by molar-refractivity contribution is 6.05. The molecule has 0 atom stereocenters. The van der Waals surface area contributed by atoms with Gasteiger partial charge in [0.15, 0.2) is 0 Å². The molecule has 2 aromatic rings. The van der Waals surface area contributed by atoms with Crippen molar-refractivity contribution in [2.45, 2.75) is 25.7 Å². The first kappa shape index (κ1) is 15.8. The molecule has 0 saturated heterocycles. The van der Waals surface area contributed by atoms with E-state index in [0.717, 1.165) is 43.5 Å².